The Morgan fingerprint density at radius 1 is 1.22 bits per heavy atom. The molecular weight excluding hydrogens is 246 g/mol. The summed E-state index contributed by atoms with van der Waals surface area (Å²) >= 11 is 6.08. The summed E-state index contributed by atoms with van der Waals surface area (Å²) in [5, 5.41) is 9.40. The van der Waals surface area contributed by atoms with E-state index in [9.17, 15) is 0 Å². The summed E-state index contributed by atoms with van der Waals surface area (Å²) in [6.45, 7) is 5.12. The van der Waals surface area contributed by atoms with Crippen LogP contribution in [0, 0.1) is 11.3 Å². The zero-order valence-electron chi connectivity index (χ0n) is 11.3. The second kappa shape index (κ2) is 7.25. The normalized spacial score (nSPS) is 10.4. The van der Waals surface area contributed by atoms with Gasteiger partial charge in [-0.1, -0.05) is 18.5 Å². The van der Waals surface area contributed by atoms with Crippen molar-refractivity contribution in [1.29, 1.82) is 5.26 Å². The molecule has 0 aromatic heterocycles. The highest BCUT2D eigenvalue weighted by Gasteiger charge is 2.08. The Bertz CT molecular complexity index is 424. The molecule has 1 aromatic rings. The van der Waals surface area contributed by atoms with Crippen LogP contribution in [0.2, 0.25) is 5.02 Å². The van der Waals surface area contributed by atoms with Crippen molar-refractivity contribution < 1.29 is 0 Å². The lowest BCUT2D eigenvalue weighted by Gasteiger charge is -2.26. The quantitative estimate of drug-likeness (QED) is 0.792. The summed E-state index contributed by atoms with van der Waals surface area (Å²) in [4.78, 5) is 4.46. The number of rotatable bonds is 6. The zero-order chi connectivity index (χ0) is 13.5. The predicted molar refractivity (Wildman–Crippen MR) is 77.2 cm³/mol. The predicted octanol–water partition coefficient (Wildman–Crippen LogP) is 2.99. The maximum Gasteiger partial charge on any atom is 0.101 e. The first-order valence-corrected chi connectivity index (χ1v) is 6.55. The molecular formula is C14H20ClN3. The van der Waals surface area contributed by atoms with E-state index in [1.165, 1.54) is 0 Å². The first-order valence-electron chi connectivity index (χ1n) is 6.17. The van der Waals surface area contributed by atoms with Crippen LogP contribution in [0.25, 0.3) is 0 Å². The molecule has 0 bridgehead atoms. The monoisotopic (exact) mass is 265 g/mol. The topological polar surface area (TPSA) is 30.3 Å². The van der Waals surface area contributed by atoms with Crippen LogP contribution in [-0.2, 0) is 0 Å². The molecule has 0 saturated carbocycles. The third-order valence-electron chi connectivity index (χ3n) is 2.75. The van der Waals surface area contributed by atoms with Gasteiger partial charge >= 0.3 is 0 Å². The third kappa shape index (κ3) is 4.21. The van der Waals surface area contributed by atoms with E-state index in [1.807, 2.05) is 12.1 Å². The Kier molecular flexibility index (Phi) is 5.97. The van der Waals surface area contributed by atoms with Crippen LogP contribution in [0.3, 0.4) is 0 Å². The number of nitriles is 1. The number of hydrogen-bond donors (Lipinski definition) is 0. The summed E-state index contributed by atoms with van der Waals surface area (Å²) in [7, 11) is 4.13. The van der Waals surface area contributed by atoms with E-state index < -0.39 is 0 Å². The molecule has 0 N–H and O–H groups in total. The molecule has 0 unspecified atom stereocenters. The number of halogens is 1. The van der Waals surface area contributed by atoms with Crippen LogP contribution >= 0.6 is 11.6 Å². The fourth-order valence-corrected chi connectivity index (χ4v) is 1.97. The molecule has 0 heterocycles. The SMILES string of the molecule is CCCN(CCN(C)C)c1ccc(C#N)c(Cl)c1. The molecule has 4 heteroatoms. The lowest BCUT2D eigenvalue weighted by atomic mass is 10.2. The Morgan fingerprint density at radius 3 is 2.44 bits per heavy atom. The molecule has 1 aromatic carbocycles. The number of nitrogens with zero attached hydrogens (tertiary/aromatic N) is 3. The minimum Gasteiger partial charge on any atom is -0.370 e. The Labute approximate surface area is 115 Å². The molecule has 1 rings (SSSR count). The van der Waals surface area contributed by atoms with Gasteiger partial charge in [0.2, 0.25) is 0 Å². The molecule has 0 aliphatic carbocycles. The van der Waals surface area contributed by atoms with Crippen LogP contribution < -0.4 is 4.90 Å². The van der Waals surface area contributed by atoms with E-state index in [0.717, 1.165) is 31.7 Å². The summed E-state index contributed by atoms with van der Waals surface area (Å²) in [5.74, 6) is 0. The van der Waals surface area contributed by atoms with E-state index in [1.54, 1.807) is 6.07 Å². The summed E-state index contributed by atoms with van der Waals surface area (Å²) in [6.07, 6.45) is 1.09. The molecule has 0 aliphatic heterocycles. The molecule has 0 aliphatic rings. The van der Waals surface area contributed by atoms with Gasteiger partial charge in [-0.25, -0.2) is 0 Å². The molecule has 0 radical (unpaired) electrons. The van der Waals surface area contributed by atoms with Gasteiger partial charge in [-0.2, -0.15) is 5.26 Å². The van der Waals surface area contributed by atoms with Crippen LogP contribution in [-0.4, -0.2) is 38.6 Å². The van der Waals surface area contributed by atoms with Gasteiger partial charge < -0.3 is 9.80 Å². The first-order chi connectivity index (χ1) is 8.58. The fourth-order valence-electron chi connectivity index (χ4n) is 1.75. The van der Waals surface area contributed by atoms with E-state index in [2.05, 4.69) is 36.9 Å². The maximum atomic E-state index is 8.87. The number of anilines is 1. The highest BCUT2D eigenvalue weighted by atomic mass is 35.5. The minimum atomic E-state index is 0.529. The second-order valence-electron chi connectivity index (χ2n) is 4.57. The van der Waals surface area contributed by atoms with Crippen molar-refractivity contribution >= 4 is 17.3 Å². The maximum absolute atomic E-state index is 8.87. The summed E-state index contributed by atoms with van der Waals surface area (Å²) in [5.41, 5.74) is 1.62. The van der Waals surface area contributed by atoms with Crippen molar-refractivity contribution in [3.05, 3.63) is 28.8 Å². The van der Waals surface area contributed by atoms with Crippen molar-refractivity contribution in [3.8, 4) is 6.07 Å². The van der Waals surface area contributed by atoms with E-state index in [-0.39, 0.29) is 0 Å². The van der Waals surface area contributed by atoms with Gasteiger partial charge in [-0.15, -0.1) is 0 Å². The van der Waals surface area contributed by atoms with Crippen molar-refractivity contribution in [2.45, 2.75) is 13.3 Å². The summed E-state index contributed by atoms with van der Waals surface area (Å²) in [6, 6.07) is 7.72. The Morgan fingerprint density at radius 2 is 1.94 bits per heavy atom. The Balaban J connectivity index is 2.85. The highest BCUT2D eigenvalue weighted by molar-refractivity contribution is 6.32. The minimum absolute atomic E-state index is 0.529. The number of hydrogen-bond acceptors (Lipinski definition) is 3. The molecule has 0 atom stereocenters. The summed E-state index contributed by atoms with van der Waals surface area (Å²) < 4.78 is 0. The van der Waals surface area contributed by atoms with Crippen LogP contribution in [0.4, 0.5) is 5.69 Å². The molecule has 98 valence electrons. The molecule has 3 nitrogen and oxygen atoms in total. The lowest BCUT2D eigenvalue weighted by Crippen LogP contribution is -2.32. The molecule has 0 fully saturated rings. The largest absolute Gasteiger partial charge is 0.370 e. The van der Waals surface area contributed by atoms with Crippen molar-refractivity contribution in [3.63, 3.8) is 0 Å². The van der Waals surface area contributed by atoms with Gasteiger partial charge in [0.15, 0.2) is 0 Å². The van der Waals surface area contributed by atoms with Gasteiger partial charge in [0.05, 0.1) is 10.6 Å². The van der Waals surface area contributed by atoms with Crippen molar-refractivity contribution in [2.24, 2.45) is 0 Å². The Hall–Kier alpha value is -1.24. The standard InChI is InChI=1S/C14H20ClN3/c1-4-7-18(9-8-17(2)3)13-6-5-12(11-16)14(15)10-13/h5-6,10H,4,7-9H2,1-3H3. The third-order valence-corrected chi connectivity index (χ3v) is 3.06. The molecule has 0 amide bonds. The lowest BCUT2D eigenvalue weighted by molar-refractivity contribution is 0.413. The molecule has 18 heavy (non-hydrogen) atoms. The molecule has 0 spiro atoms. The van der Waals surface area contributed by atoms with Crippen LogP contribution in [0.15, 0.2) is 18.2 Å². The second-order valence-corrected chi connectivity index (χ2v) is 4.97. The van der Waals surface area contributed by atoms with E-state index in [4.69, 9.17) is 16.9 Å². The van der Waals surface area contributed by atoms with Gasteiger partial charge in [0, 0.05) is 25.3 Å². The van der Waals surface area contributed by atoms with Crippen molar-refractivity contribution in [1.82, 2.24) is 4.90 Å². The average molecular weight is 266 g/mol. The highest BCUT2D eigenvalue weighted by Crippen LogP contribution is 2.23. The average Bonchev–Trinajstić information content (AvgIpc) is 2.34. The number of likely N-dealkylation sites (N-methyl/N-ethyl adjacent to an activating group) is 1. The fraction of sp³-hybridized carbons (Fsp3) is 0.500. The zero-order valence-corrected chi connectivity index (χ0v) is 12.0. The van der Waals surface area contributed by atoms with Gasteiger partial charge in [0.1, 0.15) is 6.07 Å². The van der Waals surface area contributed by atoms with E-state index >= 15 is 0 Å². The van der Waals surface area contributed by atoms with Crippen LogP contribution in [0.1, 0.15) is 18.9 Å². The van der Waals surface area contributed by atoms with E-state index in [0.29, 0.717) is 10.6 Å². The smallest absolute Gasteiger partial charge is 0.101 e. The van der Waals surface area contributed by atoms with Gasteiger partial charge in [0.25, 0.3) is 0 Å². The van der Waals surface area contributed by atoms with Crippen LogP contribution in [0.5, 0.6) is 0 Å². The first kappa shape index (κ1) is 14.8. The molecule has 0 saturated heterocycles. The van der Waals surface area contributed by atoms with Gasteiger partial charge in [-0.3, -0.25) is 0 Å². The van der Waals surface area contributed by atoms with Crippen molar-refractivity contribution in [2.75, 3.05) is 38.6 Å². The number of benzene rings is 1. The van der Waals surface area contributed by atoms with Gasteiger partial charge in [-0.05, 0) is 38.7 Å².